The first-order valence-corrected chi connectivity index (χ1v) is 7.07. The molecule has 0 saturated heterocycles. The number of hydrogen-bond acceptors (Lipinski definition) is 3. The Morgan fingerprint density at radius 3 is 2.63 bits per heavy atom. The van der Waals surface area contributed by atoms with Crippen LogP contribution in [0.5, 0.6) is 5.75 Å². The van der Waals surface area contributed by atoms with E-state index in [1.54, 1.807) is 25.1 Å². The number of carbonyl (C=O) groups is 1. The van der Waals surface area contributed by atoms with E-state index in [1.807, 2.05) is 13.8 Å². The van der Waals surface area contributed by atoms with Gasteiger partial charge in [0, 0.05) is 6.54 Å². The summed E-state index contributed by atoms with van der Waals surface area (Å²) in [4.78, 5) is 11.8. The number of aliphatic hydroxyl groups is 1. The van der Waals surface area contributed by atoms with Crippen molar-refractivity contribution in [1.82, 2.24) is 5.32 Å². The van der Waals surface area contributed by atoms with Crippen LogP contribution in [-0.2, 0) is 11.4 Å². The molecule has 1 atom stereocenters. The fraction of sp³-hybridized carbons (Fsp3) is 0.500. The van der Waals surface area contributed by atoms with Crippen molar-refractivity contribution in [3.05, 3.63) is 28.2 Å². The summed E-state index contributed by atoms with van der Waals surface area (Å²) in [5.74, 6) is 0.864. The highest BCUT2D eigenvalue weighted by atomic mass is 79.9. The molecule has 2 N–H and O–H groups in total. The average molecular weight is 330 g/mol. The van der Waals surface area contributed by atoms with Crippen LogP contribution in [0.3, 0.4) is 0 Å². The number of nitrogens with one attached hydrogen (secondary N) is 1. The summed E-state index contributed by atoms with van der Waals surface area (Å²) < 4.78 is 6.32. The molecule has 1 amide bonds. The van der Waals surface area contributed by atoms with Crippen molar-refractivity contribution in [3.8, 4) is 5.75 Å². The van der Waals surface area contributed by atoms with E-state index in [9.17, 15) is 4.79 Å². The molecule has 0 saturated carbocycles. The topological polar surface area (TPSA) is 58.6 Å². The second kappa shape index (κ2) is 7.50. The lowest BCUT2D eigenvalue weighted by molar-refractivity contribution is -0.127. The number of carbonyl (C=O) groups excluding carboxylic acids is 1. The molecule has 5 heteroatoms. The van der Waals surface area contributed by atoms with Crippen LogP contribution in [-0.4, -0.2) is 23.7 Å². The molecular weight excluding hydrogens is 310 g/mol. The van der Waals surface area contributed by atoms with Gasteiger partial charge in [-0.2, -0.15) is 0 Å². The quantitative estimate of drug-likeness (QED) is 0.842. The first kappa shape index (κ1) is 16.0. The fourth-order valence-electron chi connectivity index (χ4n) is 1.43. The summed E-state index contributed by atoms with van der Waals surface area (Å²) in [5.41, 5.74) is 0.788. The molecule has 106 valence electrons. The first-order valence-electron chi connectivity index (χ1n) is 6.27. The SMILES string of the molecule is CC(C)CNC(=O)C(C)Oc1ccc(CO)cc1Br. The zero-order valence-electron chi connectivity index (χ0n) is 11.4. The standard InChI is InChI=1S/C14H20BrNO3/c1-9(2)7-16-14(18)10(3)19-13-5-4-11(8-17)6-12(13)15/h4-6,9-10,17H,7-8H2,1-3H3,(H,16,18). The maximum absolute atomic E-state index is 11.8. The van der Waals surface area contributed by atoms with Crippen LogP contribution in [0.1, 0.15) is 26.3 Å². The van der Waals surface area contributed by atoms with Crippen molar-refractivity contribution in [2.45, 2.75) is 33.5 Å². The van der Waals surface area contributed by atoms with Gasteiger partial charge in [0.15, 0.2) is 6.10 Å². The number of hydrogen-bond donors (Lipinski definition) is 2. The predicted molar refractivity (Wildman–Crippen MR) is 78.0 cm³/mol. The Labute approximate surface area is 122 Å². The predicted octanol–water partition coefficient (Wildman–Crippen LogP) is 2.48. The molecule has 0 aliphatic rings. The number of halogens is 1. The van der Waals surface area contributed by atoms with E-state index in [0.717, 1.165) is 10.0 Å². The summed E-state index contributed by atoms with van der Waals surface area (Å²) >= 11 is 3.36. The average Bonchev–Trinajstić information content (AvgIpc) is 2.37. The molecular formula is C14H20BrNO3. The van der Waals surface area contributed by atoms with Crippen molar-refractivity contribution >= 4 is 21.8 Å². The Morgan fingerprint density at radius 2 is 2.11 bits per heavy atom. The molecule has 0 spiro atoms. The van der Waals surface area contributed by atoms with E-state index in [0.29, 0.717) is 18.2 Å². The third-order valence-corrected chi connectivity index (χ3v) is 3.16. The van der Waals surface area contributed by atoms with E-state index in [-0.39, 0.29) is 12.5 Å². The van der Waals surface area contributed by atoms with Gasteiger partial charge in [-0.05, 0) is 46.5 Å². The van der Waals surface area contributed by atoms with Gasteiger partial charge in [-0.1, -0.05) is 19.9 Å². The minimum Gasteiger partial charge on any atom is -0.480 e. The van der Waals surface area contributed by atoms with Crippen molar-refractivity contribution in [1.29, 1.82) is 0 Å². The molecule has 1 unspecified atom stereocenters. The second-order valence-corrected chi connectivity index (χ2v) is 5.68. The van der Waals surface area contributed by atoms with Crippen LogP contribution in [0.25, 0.3) is 0 Å². The second-order valence-electron chi connectivity index (χ2n) is 4.82. The fourth-order valence-corrected chi connectivity index (χ4v) is 1.95. The molecule has 0 aromatic heterocycles. The monoisotopic (exact) mass is 329 g/mol. The highest BCUT2D eigenvalue weighted by molar-refractivity contribution is 9.10. The maximum Gasteiger partial charge on any atom is 0.260 e. The minimum absolute atomic E-state index is 0.0245. The zero-order chi connectivity index (χ0) is 14.4. The van der Waals surface area contributed by atoms with Crippen LogP contribution in [0.4, 0.5) is 0 Å². The molecule has 0 bridgehead atoms. The number of aliphatic hydroxyl groups excluding tert-OH is 1. The molecule has 4 nitrogen and oxygen atoms in total. The van der Waals surface area contributed by atoms with Gasteiger partial charge < -0.3 is 15.2 Å². The smallest absolute Gasteiger partial charge is 0.260 e. The Bertz CT molecular complexity index is 435. The number of ether oxygens (including phenoxy) is 1. The lowest BCUT2D eigenvalue weighted by Crippen LogP contribution is -2.38. The van der Waals surface area contributed by atoms with E-state index in [4.69, 9.17) is 9.84 Å². The Balaban J connectivity index is 2.61. The maximum atomic E-state index is 11.8. The summed E-state index contributed by atoms with van der Waals surface area (Å²) in [6.45, 7) is 6.40. The highest BCUT2D eigenvalue weighted by Crippen LogP contribution is 2.27. The largest absolute Gasteiger partial charge is 0.480 e. The van der Waals surface area contributed by atoms with E-state index < -0.39 is 6.10 Å². The van der Waals surface area contributed by atoms with E-state index in [2.05, 4.69) is 21.2 Å². The van der Waals surface area contributed by atoms with Crippen LogP contribution >= 0.6 is 15.9 Å². The summed E-state index contributed by atoms with van der Waals surface area (Å²) in [5, 5.41) is 11.8. The van der Waals surface area contributed by atoms with Crippen molar-refractivity contribution < 1.29 is 14.6 Å². The summed E-state index contributed by atoms with van der Waals surface area (Å²) in [6.07, 6.45) is -0.560. The molecule has 0 heterocycles. The van der Waals surface area contributed by atoms with Crippen LogP contribution in [0.15, 0.2) is 22.7 Å². The van der Waals surface area contributed by atoms with Gasteiger partial charge in [0.25, 0.3) is 5.91 Å². The number of amides is 1. The molecule has 1 rings (SSSR count). The van der Waals surface area contributed by atoms with Gasteiger partial charge in [0.1, 0.15) is 5.75 Å². The third-order valence-electron chi connectivity index (χ3n) is 2.54. The van der Waals surface area contributed by atoms with E-state index >= 15 is 0 Å². The van der Waals surface area contributed by atoms with Crippen LogP contribution in [0, 0.1) is 5.92 Å². The van der Waals surface area contributed by atoms with Gasteiger partial charge >= 0.3 is 0 Å². The van der Waals surface area contributed by atoms with Crippen molar-refractivity contribution in [2.24, 2.45) is 5.92 Å². The van der Waals surface area contributed by atoms with Crippen LogP contribution < -0.4 is 10.1 Å². The molecule has 0 aliphatic heterocycles. The minimum atomic E-state index is -0.560. The highest BCUT2D eigenvalue weighted by Gasteiger charge is 2.16. The zero-order valence-corrected chi connectivity index (χ0v) is 13.0. The van der Waals surface area contributed by atoms with E-state index in [1.165, 1.54) is 0 Å². The van der Waals surface area contributed by atoms with Crippen molar-refractivity contribution in [3.63, 3.8) is 0 Å². The van der Waals surface area contributed by atoms with Crippen LogP contribution in [0.2, 0.25) is 0 Å². The normalized spacial score (nSPS) is 12.3. The Hall–Kier alpha value is -1.07. The number of rotatable bonds is 6. The molecule has 0 fully saturated rings. The first-order chi connectivity index (χ1) is 8.93. The number of benzene rings is 1. The van der Waals surface area contributed by atoms with Gasteiger partial charge in [0.05, 0.1) is 11.1 Å². The van der Waals surface area contributed by atoms with Gasteiger partial charge in [-0.25, -0.2) is 0 Å². The van der Waals surface area contributed by atoms with Gasteiger partial charge in [-0.3, -0.25) is 4.79 Å². The molecule has 0 aliphatic carbocycles. The molecule has 1 aromatic carbocycles. The Kier molecular flexibility index (Phi) is 6.31. The molecule has 1 aromatic rings. The molecule has 19 heavy (non-hydrogen) atoms. The third kappa shape index (κ3) is 5.20. The van der Waals surface area contributed by atoms with Crippen molar-refractivity contribution in [2.75, 3.05) is 6.54 Å². The van der Waals surface area contributed by atoms with Gasteiger partial charge in [0.2, 0.25) is 0 Å². The lowest BCUT2D eigenvalue weighted by atomic mass is 10.2. The summed E-state index contributed by atoms with van der Waals surface area (Å²) in [6, 6.07) is 5.27. The van der Waals surface area contributed by atoms with Gasteiger partial charge in [-0.15, -0.1) is 0 Å². The Morgan fingerprint density at radius 1 is 1.42 bits per heavy atom. The summed E-state index contributed by atoms with van der Waals surface area (Å²) in [7, 11) is 0. The lowest BCUT2D eigenvalue weighted by Gasteiger charge is -2.16. The molecule has 0 radical (unpaired) electrons.